The second-order valence-electron chi connectivity index (χ2n) is 6.53. The molecule has 0 saturated carbocycles. The van der Waals surface area contributed by atoms with Gasteiger partial charge in [-0.2, -0.15) is 0 Å². The van der Waals surface area contributed by atoms with Crippen LogP contribution in [0.4, 0.5) is 0 Å². The Bertz CT molecular complexity index is 329. The number of nitrogens with zero attached hydrogens (tertiary/aromatic N) is 2. The largest absolute Gasteiger partial charge is 0.339 e. The van der Waals surface area contributed by atoms with Crippen LogP contribution in [0.15, 0.2) is 0 Å². The number of carbonyl (C=O) groups is 2. The number of piperazine rings is 1. The van der Waals surface area contributed by atoms with Gasteiger partial charge in [-0.15, -0.1) is 0 Å². The molecule has 4 nitrogen and oxygen atoms in total. The summed E-state index contributed by atoms with van der Waals surface area (Å²) in [5, 5.41) is 0. The van der Waals surface area contributed by atoms with Gasteiger partial charge in [0.1, 0.15) is 0 Å². The summed E-state index contributed by atoms with van der Waals surface area (Å²) < 4.78 is 0. The van der Waals surface area contributed by atoms with Crippen molar-refractivity contribution >= 4 is 11.8 Å². The molecule has 0 radical (unpaired) electrons. The van der Waals surface area contributed by atoms with Gasteiger partial charge in [-0.3, -0.25) is 9.59 Å². The minimum atomic E-state index is 0.105. The van der Waals surface area contributed by atoms with E-state index >= 15 is 0 Å². The summed E-state index contributed by atoms with van der Waals surface area (Å²) in [6.45, 7) is 13.1. The minimum absolute atomic E-state index is 0.105. The average Bonchev–Trinajstić information content (AvgIpc) is 2.36. The van der Waals surface area contributed by atoms with Crippen LogP contribution in [-0.2, 0) is 9.59 Å². The fourth-order valence-corrected chi connectivity index (χ4v) is 2.15. The molecule has 0 N–H and O–H groups in total. The van der Waals surface area contributed by atoms with Gasteiger partial charge in [-0.25, -0.2) is 0 Å². The van der Waals surface area contributed by atoms with Crippen molar-refractivity contribution in [3.8, 4) is 0 Å². The van der Waals surface area contributed by atoms with Gasteiger partial charge in [0.2, 0.25) is 11.8 Å². The Hall–Kier alpha value is -1.06. The first-order chi connectivity index (χ1) is 8.74. The lowest BCUT2D eigenvalue weighted by Gasteiger charge is -2.35. The number of hydrogen-bond donors (Lipinski definition) is 0. The van der Waals surface area contributed by atoms with Crippen LogP contribution >= 0.6 is 0 Å². The smallest absolute Gasteiger partial charge is 0.222 e. The van der Waals surface area contributed by atoms with Crippen molar-refractivity contribution in [2.45, 2.75) is 47.5 Å². The SMILES string of the molecule is CC(=O)N1CCN(C(=O)CCC(C)(C)C(C)C)CC1. The number of carbonyl (C=O) groups excluding carboxylic acids is 2. The summed E-state index contributed by atoms with van der Waals surface area (Å²) in [6, 6.07) is 0. The monoisotopic (exact) mass is 268 g/mol. The zero-order chi connectivity index (χ0) is 14.6. The second kappa shape index (κ2) is 6.40. The van der Waals surface area contributed by atoms with Gasteiger partial charge in [0.05, 0.1) is 0 Å². The third kappa shape index (κ3) is 4.51. The van der Waals surface area contributed by atoms with Crippen LogP contribution in [0, 0.1) is 11.3 Å². The maximum Gasteiger partial charge on any atom is 0.222 e. The Labute approximate surface area is 117 Å². The van der Waals surface area contributed by atoms with Crippen LogP contribution < -0.4 is 0 Å². The molecule has 1 heterocycles. The molecule has 2 amide bonds. The molecule has 4 heteroatoms. The van der Waals surface area contributed by atoms with E-state index in [1.54, 1.807) is 6.92 Å². The summed E-state index contributed by atoms with van der Waals surface area (Å²) in [4.78, 5) is 27.1. The highest BCUT2D eigenvalue weighted by Crippen LogP contribution is 2.31. The van der Waals surface area contributed by atoms with E-state index in [2.05, 4.69) is 27.7 Å². The average molecular weight is 268 g/mol. The number of amides is 2. The normalized spacial score (nSPS) is 16.9. The third-order valence-electron chi connectivity index (χ3n) is 4.62. The van der Waals surface area contributed by atoms with E-state index in [4.69, 9.17) is 0 Å². The summed E-state index contributed by atoms with van der Waals surface area (Å²) >= 11 is 0. The lowest BCUT2D eigenvalue weighted by atomic mass is 9.77. The van der Waals surface area contributed by atoms with E-state index in [1.807, 2.05) is 9.80 Å². The molecule has 0 aromatic heterocycles. The molecular weight excluding hydrogens is 240 g/mol. The van der Waals surface area contributed by atoms with Gasteiger partial charge in [-0.05, 0) is 17.8 Å². The number of rotatable bonds is 4. The first-order valence-corrected chi connectivity index (χ1v) is 7.27. The predicted octanol–water partition coefficient (Wildman–Crippen LogP) is 2.14. The fraction of sp³-hybridized carbons (Fsp3) is 0.867. The van der Waals surface area contributed by atoms with Crippen LogP contribution in [0.5, 0.6) is 0 Å². The van der Waals surface area contributed by atoms with Crippen molar-refractivity contribution in [2.24, 2.45) is 11.3 Å². The predicted molar refractivity (Wildman–Crippen MR) is 76.7 cm³/mol. The Morgan fingerprint density at radius 1 is 1.05 bits per heavy atom. The van der Waals surface area contributed by atoms with E-state index in [0.717, 1.165) is 6.42 Å². The van der Waals surface area contributed by atoms with Crippen LogP contribution in [0.2, 0.25) is 0 Å². The van der Waals surface area contributed by atoms with Crippen LogP contribution in [0.1, 0.15) is 47.5 Å². The molecule has 0 atom stereocenters. The van der Waals surface area contributed by atoms with Crippen molar-refractivity contribution < 1.29 is 9.59 Å². The first kappa shape index (κ1) is 16.0. The highest BCUT2D eigenvalue weighted by atomic mass is 16.2. The third-order valence-corrected chi connectivity index (χ3v) is 4.62. The van der Waals surface area contributed by atoms with Crippen molar-refractivity contribution in [3.63, 3.8) is 0 Å². The molecule has 0 aromatic rings. The van der Waals surface area contributed by atoms with E-state index in [1.165, 1.54) is 0 Å². The van der Waals surface area contributed by atoms with Gasteiger partial charge in [0.25, 0.3) is 0 Å². The van der Waals surface area contributed by atoms with Crippen LogP contribution in [-0.4, -0.2) is 47.8 Å². The lowest BCUT2D eigenvalue weighted by Crippen LogP contribution is -2.50. The Morgan fingerprint density at radius 3 is 1.95 bits per heavy atom. The van der Waals surface area contributed by atoms with Crippen molar-refractivity contribution in [1.82, 2.24) is 9.80 Å². The van der Waals surface area contributed by atoms with E-state index < -0.39 is 0 Å². The van der Waals surface area contributed by atoms with Crippen molar-refractivity contribution in [2.75, 3.05) is 26.2 Å². The quantitative estimate of drug-likeness (QED) is 0.784. The Kier molecular flexibility index (Phi) is 5.39. The van der Waals surface area contributed by atoms with Gasteiger partial charge in [-0.1, -0.05) is 27.7 Å². The molecule has 0 spiro atoms. The van der Waals surface area contributed by atoms with E-state index in [-0.39, 0.29) is 17.2 Å². The fourth-order valence-electron chi connectivity index (χ4n) is 2.15. The molecule has 1 saturated heterocycles. The second-order valence-corrected chi connectivity index (χ2v) is 6.53. The molecule has 1 rings (SSSR count). The Balaban J connectivity index is 2.38. The molecule has 1 fully saturated rings. The molecule has 0 unspecified atom stereocenters. The summed E-state index contributed by atoms with van der Waals surface area (Å²) in [7, 11) is 0. The highest BCUT2D eigenvalue weighted by molar-refractivity contribution is 5.77. The van der Waals surface area contributed by atoms with Gasteiger partial charge in [0, 0.05) is 39.5 Å². The van der Waals surface area contributed by atoms with E-state index in [0.29, 0.717) is 38.5 Å². The molecule has 0 aliphatic carbocycles. The molecule has 19 heavy (non-hydrogen) atoms. The summed E-state index contributed by atoms with van der Waals surface area (Å²) in [5.74, 6) is 0.917. The maximum atomic E-state index is 12.2. The highest BCUT2D eigenvalue weighted by Gasteiger charge is 2.26. The standard InChI is InChI=1S/C15H28N2O2/c1-12(2)15(4,5)7-6-14(19)17-10-8-16(9-11-17)13(3)18/h12H,6-11H2,1-5H3. The zero-order valence-electron chi connectivity index (χ0n) is 13.0. The molecule has 0 bridgehead atoms. The molecular formula is C15H28N2O2. The zero-order valence-corrected chi connectivity index (χ0v) is 13.0. The van der Waals surface area contributed by atoms with Gasteiger partial charge < -0.3 is 9.80 Å². The minimum Gasteiger partial charge on any atom is -0.339 e. The molecule has 1 aliphatic rings. The van der Waals surface area contributed by atoms with Crippen LogP contribution in [0.3, 0.4) is 0 Å². The van der Waals surface area contributed by atoms with Crippen molar-refractivity contribution in [1.29, 1.82) is 0 Å². The molecule has 0 aromatic carbocycles. The molecule has 1 aliphatic heterocycles. The van der Waals surface area contributed by atoms with Gasteiger partial charge in [0.15, 0.2) is 0 Å². The summed E-state index contributed by atoms with van der Waals surface area (Å²) in [5.41, 5.74) is 0.205. The first-order valence-electron chi connectivity index (χ1n) is 7.27. The van der Waals surface area contributed by atoms with E-state index in [9.17, 15) is 9.59 Å². The Morgan fingerprint density at radius 2 is 1.53 bits per heavy atom. The maximum absolute atomic E-state index is 12.2. The lowest BCUT2D eigenvalue weighted by molar-refractivity contribution is -0.138. The van der Waals surface area contributed by atoms with Gasteiger partial charge >= 0.3 is 0 Å². The van der Waals surface area contributed by atoms with Crippen molar-refractivity contribution in [3.05, 3.63) is 0 Å². The summed E-state index contributed by atoms with van der Waals surface area (Å²) in [6.07, 6.45) is 1.54. The number of hydrogen-bond acceptors (Lipinski definition) is 2. The molecule has 110 valence electrons. The topological polar surface area (TPSA) is 40.6 Å². The van der Waals surface area contributed by atoms with Crippen LogP contribution in [0.25, 0.3) is 0 Å².